The minimum Gasteiger partial charge on any atom is -0.464 e. The fourth-order valence-electron chi connectivity index (χ4n) is 1.49. The van der Waals surface area contributed by atoms with Gasteiger partial charge in [-0.15, -0.1) is 6.58 Å². The van der Waals surface area contributed by atoms with Crippen molar-refractivity contribution in [1.29, 1.82) is 0 Å². The lowest BCUT2D eigenvalue weighted by molar-refractivity contribution is -0.147. The molecule has 0 unspecified atom stereocenters. The van der Waals surface area contributed by atoms with Crippen molar-refractivity contribution >= 4 is 18.0 Å². The number of esters is 1. The van der Waals surface area contributed by atoms with Crippen LogP contribution in [0.4, 0.5) is 4.79 Å². The molecule has 2 atom stereocenters. The van der Waals surface area contributed by atoms with E-state index in [0.29, 0.717) is 0 Å². The Kier molecular flexibility index (Phi) is 8.22. The number of ether oxygens (including phenoxy) is 2. The maximum absolute atomic E-state index is 12.1. The molecule has 22 heavy (non-hydrogen) atoms. The molecule has 0 bridgehead atoms. The zero-order chi connectivity index (χ0) is 17.3. The number of amides is 2. The van der Waals surface area contributed by atoms with Gasteiger partial charge in [-0.2, -0.15) is 0 Å². The third-order valence-corrected chi connectivity index (χ3v) is 2.41. The van der Waals surface area contributed by atoms with E-state index in [2.05, 4.69) is 17.2 Å². The van der Waals surface area contributed by atoms with Gasteiger partial charge in [0, 0.05) is 0 Å². The highest BCUT2D eigenvalue weighted by atomic mass is 16.6. The maximum atomic E-state index is 12.1. The van der Waals surface area contributed by atoms with Crippen LogP contribution >= 0.6 is 0 Å². The predicted molar refractivity (Wildman–Crippen MR) is 82.2 cm³/mol. The van der Waals surface area contributed by atoms with E-state index in [1.54, 1.807) is 27.7 Å². The van der Waals surface area contributed by atoms with E-state index in [1.165, 1.54) is 13.0 Å². The van der Waals surface area contributed by atoms with Crippen molar-refractivity contribution in [3.05, 3.63) is 12.7 Å². The number of nitrogens with one attached hydrogen (secondary N) is 2. The molecule has 0 aromatic heterocycles. The Bertz CT molecular complexity index is 415. The Balaban J connectivity index is 4.66. The molecule has 2 N–H and O–H groups in total. The van der Waals surface area contributed by atoms with Gasteiger partial charge < -0.3 is 20.1 Å². The van der Waals surface area contributed by atoms with Crippen LogP contribution < -0.4 is 10.6 Å². The van der Waals surface area contributed by atoms with Crippen molar-refractivity contribution in [3.8, 4) is 0 Å². The van der Waals surface area contributed by atoms with Gasteiger partial charge in [-0.25, -0.2) is 9.59 Å². The van der Waals surface area contributed by atoms with Crippen LogP contribution in [0.3, 0.4) is 0 Å². The predicted octanol–water partition coefficient (Wildman–Crippen LogP) is 1.52. The second-order valence-electron chi connectivity index (χ2n) is 5.71. The summed E-state index contributed by atoms with van der Waals surface area (Å²) in [6.45, 7) is 12.1. The van der Waals surface area contributed by atoms with Crippen molar-refractivity contribution < 1.29 is 23.9 Å². The first-order chi connectivity index (χ1) is 10.1. The Labute approximate surface area is 131 Å². The first-order valence-electron chi connectivity index (χ1n) is 7.18. The van der Waals surface area contributed by atoms with E-state index in [0.717, 1.165) is 0 Å². The number of carbonyl (C=O) groups excluding carboxylic acids is 3. The zero-order valence-corrected chi connectivity index (χ0v) is 13.9. The number of hydrogen-bond acceptors (Lipinski definition) is 5. The number of alkyl carbamates (subject to hydrolysis) is 1. The molecule has 0 rings (SSSR count). The molecule has 0 radical (unpaired) electrons. The smallest absolute Gasteiger partial charge is 0.408 e. The molecule has 2 amide bonds. The normalized spacial score (nSPS) is 13.5. The monoisotopic (exact) mass is 314 g/mol. The van der Waals surface area contributed by atoms with Crippen LogP contribution in [0.1, 0.15) is 41.0 Å². The number of hydrogen-bond donors (Lipinski definition) is 2. The highest BCUT2D eigenvalue weighted by Gasteiger charge is 2.26. The highest BCUT2D eigenvalue weighted by Crippen LogP contribution is 2.07. The molecule has 0 aromatic carbocycles. The molecule has 0 spiro atoms. The van der Waals surface area contributed by atoms with Gasteiger partial charge in [-0.1, -0.05) is 6.08 Å². The summed E-state index contributed by atoms with van der Waals surface area (Å²) in [4.78, 5) is 35.3. The van der Waals surface area contributed by atoms with Gasteiger partial charge >= 0.3 is 12.1 Å². The van der Waals surface area contributed by atoms with E-state index < -0.39 is 35.7 Å². The highest BCUT2D eigenvalue weighted by molar-refractivity contribution is 5.89. The third-order valence-electron chi connectivity index (χ3n) is 2.41. The van der Waals surface area contributed by atoms with E-state index in [9.17, 15) is 14.4 Å². The van der Waals surface area contributed by atoms with Crippen molar-refractivity contribution in [2.45, 2.75) is 58.7 Å². The van der Waals surface area contributed by atoms with Crippen molar-refractivity contribution in [2.75, 3.05) is 6.61 Å². The van der Waals surface area contributed by atoms with Crippen LogP contribution in [0.5, 0.6) is 0 Å². The molecule has 0 saturated carbocycles. The molecule has 0 heterocycles. The van der Waals surface area contributed by atoms with Crippen LogP contribution in [0.2, 0.25) is 0 Å². The van der Waals surface area contributed by atoms with Gasteiger partial charge in [0.15, 0.2) is 0 Å². The van der Waals surface area contributed by atoms with Crippen LogP contribution in [0.25, 0.3) is 0 Å². The largest absolute Gasteiger partial charge is 0.464 e. The van der Waals surface area contributed by atoms with Crippen LogP contribution in [0.15, 0.2) is 12.7 Å². The molecule has 0 aliphatic heterocycles. The SMILES string of the molecule is C=CC[C@H](NC(=O)OC(C)(C)C)C(=O)N[C@@H](C)C(=O)OCC. The average Bonchev–Trinajstić information content (AvgIpc) is 2.36. The number of carbonyl (C=O) groups is 3. The summed E-state index contributed by atoms with van der Waals surface area (Å²) >= 11 is 0. The lowest BCUT2D eigenvalue weighted by Crippen LogP contribution is -2.51. The van der Waals surface area contributed by atoms with Gasteiger partial charge in [-0.3, -0.25) is 4.79 Å². The lowest BCUT2D eigenvalue weighted by atomic mass is 10.1. The summed E-state index contributed by atoms with van der Waals surface area (Å²) in [6, 6.07) is -1.68. The quantitative estimate of drug-likeness (QED) is 0.549. The summed E-state index contributed by atoms with van der Waals surface area (Å²) < 4.78 is 9.91. The van der Waals surface area contributed by atoms with Crippen LogP contribution in [-0.4, -0.2) is 42.3 Å². The standard InChI is InChI=1S/C15H26N2O5/c1-7-9-11(17-14(20)22-15(4,5)6)12(18)16-10(3)13(19)21-8-2/h7,10-11H,1,8-9H2,2-6H3,(H,16,18)(H,17,20)/t10-,11-/m0/s1. The molecule has 126 valence electrons. The Hall–Kier alpha value is -2.05. The number of rotatable bonds is 7. The average molecular weight is 314 g/mol. The molecular weight excluding hydrogens is 288 g/mol. The van der Waals surface area contributed by atoms with Gasteiger partial charge in [0.25, 0.3) is 0 Å². The first kappa shape index (κ1) is 19.9. The maximum Gasteiger partial charge on any atom is 0.408 e. The molecular formula is C15H26N2O5. The minimum atomic E-state index is -0.871. The molecule has 7 nitrogen and oxygen atoms in total. The third kappa shape index (κ3) is 8.28. The van der Waals surface area contributed by atoms with Gasteiger partial charge in [-0.05, 0) is 41.0 Å². The molecule has 0 aliphatic carbocycles. The molecule has 0 fully saturated rings. The minimum absolute atomic E-state index is 0.209. The zero-order valence-electron chi connectivity index (χ0n) is 13.9. The van der Waals surface area contributed by atoms with Crippen molar-refractivity contribution in [2.24, 2.45) is 0 Å². The molecule has 7 heteroatoms. The summed E-state index contributed by atoms with van der Waals surface area (Å²) in [7, 11) is 0. The van der Waals surface area contributed by atoms with Crippen molar-refractivity contribution in [3.63, 3.8) is 0 Å². The topological polar surface area (TPSA) is 93.7 Å². The van der Waals surface area contributed by atoms with E-state index in [4.69, 9.17) is 9.47 Å². The van der Waals surface area contributed by atoms with Gasteiger partial charge in [0.1, 0.15) is 17.7 Å². The summed E-state index contributed by atoms with van der Waals surface area (Å²) in [5, 5.41) is 4.94. The van der Waals surface area contributed by atoms with E-state index >= 15 is 0 Å². The van der Waals surface area contributed by atoms with E-state index in [-0.39, 0.29) is 13.0 Å². The Morgan fingerprint density at radius 1 is 1.23 bits per heavy atom. The summed E-state index contributed by atoms with van der Waals surface area (Å²) in [5.41, 5.74) is -0.669. The second kappa shape index (κ2) is 9.07. The van der Waals surface area contributed by atoms with Crippen LogP contribution in [0, 0.1) is 0 Å². The first-order valence-corrected chi connectivity index (χ1v) is 7.18. The fraction of sp³-hybridized carbons (Fsp3) is 0.667. The summed E-state index contributed by atoms with van der Waals surface area (Å²) in [6.07, 6.45) is 0.996. The molecule has 0 saturated heterocycles. The fourth-order valence-corrected chi connectivity index (χ4v) is 1.49. The second-order valence-corrected chi connectivity index (χ2v) is 5.71. The van der Waals surface area contributed by atoms with Gasteiger partial charge in [0.05, 0.1) is 6.61 Å². The van der Waals surface area contributed by atoms with Gasteiger partial charge in [0.2, 0.25) is 5.91 Å². The van der Waals surface area contributed by atoms with E-state index in [1.807, 2.05) is 0 Å². The molecule has 0 aromatic rings. The lowest BCUT2D eigenvalue weighted by Gasteiger charge is -2.23. The van der Waals surface area contributed by atoms with Crippen molar-refractivity contribution in [1.82, 2.24) is 10.6 Å². The molecule has 0 aliphatic rings. The summed E-state index contributed by atoms with van der Waals surface area (Å²) in [5.74, 6) is -1.04. The van der Waals surface area contributed by atoms with Crippen LogP contribution in [-0.2, 0) is 19.1 Å². The Morgan fingerprint density at radius 2 is 1.82 bits per heavy atom. The Morgan fingerprint density at radius 3 is 2.27 bits per heavy atom.